The molecule has 0 atom stereocenters. The third-order valence-corrected chi connectivity index (χ3v) is 3.33. The fourth-order valence-electron chi connectivity index (χ4n) is 1.16. The van der Waals surface area contributed by atoms with Gasteiger partial charge in [-0.25, -0.2) is 12.8 Å². The summed E-state index contributed by atoms with van der Waals surface area (Å²) < 4.78 is 38.9. The highest BCUT2D eigenvalue weighted by atomic mass is 32.2. The minimum absolute atomic E-state index is 0.119. The van der Waals surface area contributed by atoms with Gasteiger partial charge in [-0.1, -0.05) is 0 Å². The third-order valence-electron chi connectivity index (χ3n) is 1.94. The van der Waals surface area contributed by atoms with Gasteiger partial charge in [0, 0.05) is 6.20 Å². The summed E-state index contributed by atoms with van der Waals surface area (Å²) in [6.07, 6.45) is 3.20. The summed E-state index contributed by atoms with van der Waals surface area (Å²) in [5, 5.41) is 5.75. The van der Waals surface area contributed by atoms with Gasteiger partial charge in [0.2, 0.25) is 0 Å². The van der Waals surface area contributed by atoms with Gasteiger partial charge in [-0.3, -0.25) is 14.8 Å². The number of hydrogen-bond donors (Lipinski definition) is 3. The van der Waals surface area contributed by atoms with Crippen LogP contribution in [0.1, 0.15) is 0 Å². The molecule has 0 aliphatic rings. The Hall–Kier alpha value is -2.16. The van der Waals surface area contributed by atoms with Crippen molar-refractivity contribution in [2.75, 3.05) is 10.5 Å². The number of hydrogen-bond acceptors (Lipinski definition) is 5. The number of nitrogen functional groups attached to an aromatic ring is 1. The number of rotatable bonds is 3. The molecule has 9 heteroatoms. The van der Waals surface area contributed by atoms with E-state index in [2.05, 4.69) is 15.2 Å². The lowest BCUT2D eigenvalue weighted by Crippen LogP contribution is -2.14. The lowest BCUT2D eigenvalue weighted by Gasteiger charge is -2.06. The predicted octanol–water partition coefficient (Wildman–Crippen LogP) is 0.327. The number of nitrogens with zero attached hydrogens (tertiary/aromatic N) is 2. The smallest absolute Gasteiger partial charge is 0.267 e. The van der Waals surface area contributed by atoms with Crippen molar-refractivity contribution in [3.8, 4) is 0 Å². The Bertz CT molecular complexity index is 639. The molecular weight excluding hydrogens is 249 g/mol. The fraction of sp³-hybridized carbons (Fsp3) is 0. The lowest BCUT2D eigenvalue weighted by atomic mass is 10.4. The summed E-state index contributed by atoms with van der Waals surface area (Å²) in [6, 6.07) is 1.20. The molecule has 0 spiro atoms. The van der Waals surface area contributed by atoms with Crippen LogP contribution in [0.3, 0.4) is 0 Å². The molecule has 0 saturated heterocycles. The van der Waals surface area contributed by atoms with Crippen LogP contribution in [0.4, 0.5) is 15.9 Å². The highest BCUT2D eigenvalue weighted by molar-refractivity contribution is 7.92. The van der Waals surface area contributed by atoms with Gasteiger partial charge in [0.05, 0.1) is 18.1 Å². The maximum Gasteiger partial charge on any atom is 0.267 e. The standard InChI is InChI=1S/C8H8FN5O2S/c9-5-3-11-2-1-6(5)14-17(15,16)7-4-12-13-8(7)10/h1-4H,(H,11,14)(H3,10,12,13). The Balaban J connectivity index is 2.37. The third kappa shape index (κ3) is 2.18. The SMILES string of the molecule is Nc1[nH]ncc1S(=O)(=O)Nc1ccncc1F. The fourth-order valence-corrected chi connectivity index (χ4v) is 2.25. The quantitative estimate of drug-likeness (QED) is 0.733. The van der Waals surface area contributed by atoms with E-state index in [0.29, 0.717) is 0 Å². The van der Waals surface area contributed by atoms with E-state index in [1.54, 1.807) is 0 Å². The second-order valence-corrected chi connectivity index (χ2v) is 4.76. The van der Waals surface area contributed by atoms with E-state index in [1.807, 2.05) is 4.72 Å². The van der Waals surface area contributed by atoms with Crippen LogP contribution in [-0.2, 0) is 10.0 Å². The van der Waals surface area contributed by atoms with E-state index in [9.17, 15) is 12.8 Å². The molecule has 2 heterocycles. The van der Waals surface area contributed by atoms with Crippen LogP contribution in [0.25, 0.3) is 0 Å². The Labute approximate surface area is 95.9 Å². The van der Waals surface area contributed by atoms with Crippen molar-refractivity contribution < 1.29 is 12.8 Å². The van der Waals surface area contributed by atoms with Gasteiger partial charge >= 0.3 is 0 Å². The van der Waals surface area contributed by atoms with Crippen molar-refractivity contribution in [1.29, 1.82) is 0 Å². The highest BCUT2D eigenvalue weighted by Crippen LogP contribution is 2.20. The molecule has 0 aliphatic carbocycles. The molecule has 0 fully saturated rings. The number of anilines is 2. The number of H-pyrrole nitrogens is 1. The van der Waals surface area contributed by atoms with Crippen LogP contribution >= 0.6 is 0 Å². The van der Waals surface area contributed by atoms with Gasteiger partial charge in [0.1, 0.15) is 10.7 Å². The van der Waals surface area contributed by atoms with Crippen LogP contribution < -0.4 is 10.5 Å². The van der Waals surface area contributed by atoms with E-state index >= 15 is 0 Å². The van der Waals surface area contributed by atoms with Crippen LogP contribution in [0, 0.1) is 5.82 Å². The van der Waals surface area contributed by atoms with Gasteiger partial charge in [-0.2, -0.15) is 5.10 Å². The van der Waals surface area contributed by atoms with Crippen molar-refractivity contribution >= 4 is 21.5 Å². The minimum atomic E-state index is -3.96. The summed E-state index contributed by atoms with van der Waals surface area (Å²) in [4.78, 5) is 3.26. The number of nitrogens with two attached hydrogens (primary N) is 1. The van der Waals surface area contributed by atoms with Gasteiger partial charge in [0.25, 0.3) is 10.0 Å². The maximum absolute atomic E-state index is 13.2. The Morgan fingerprint density at radius 2 is 2.18 bits per heavy atom. The molecule has 0 amide bonds. The summed E-state index contributed by atoms with van der Waals surface area (Å²) in [7, 11) is -3.96. The average molecular weight is 257 g/mol. The van der Waals surface area contributed by atoms with Crippen LogP contribution in [0.5, 0.6) is 0 Å². The number of aromatic amines is 1. The molecule has 2 aromatic rings. The van der Waals surface area contributed by atoms with Gasteiger partial charge in [0.15, 0.2) is 5.82 Å². The molecule has 4 N–H and O–H groups in total. The Morgan fingerprint density at radius 3 is 2.76 bits per heavy atom. The van der Waals surface area contributed by atoms with Crippen LogP contribution in [-0.4, -0.2) is 23.6 Å². The topological polar surface area (TPSA) is 114 Å². The molecule has 2 aromatic heterocycles. The van der Waals surface area contributed by atoms with Crippen LogP contribution in [0.2, 0.25) is 0 Å². The zero-order chi connectivity index (χ0) is 12.5. The average Bonchev–Trinajstić information content (AvgIpc) is 2.68. The second kappa shape index (κ2) is 4.01. The van der Waals surface area contributed by atoms with E-state index in [4.69, 9.17) is 5.73 Å². The van der Waals surface area contributed by atoms with Crippen molar-refractivity contribution in [2.45, 2.75) is 4.90 Å². The Kier molecular flexibility index (Phi) is 2.68. The van der Waals surface area contributed by atoms with Crippen molar-refractivity contribution in [1.82, 2.24) is 15.2 Å². The van der Waals surface area contributed by atoms with Gasteiger partial charge in [-0.15, -0.1) is 0 Å². The summed E-state index contributed by atoms with van der Waals surface area (Å²) in [6.45, 7) is 0. The van der Waals surface area contributed by atoms with E-state index in [1.165, 1.54) is 12.3 Å². The monoisotopic (exact) mass is 257 g/mol. The van der Waals surface area contributed by atoms with Crippen LogP contribution in [0.15, 0.2) is 29.6 Å². The largest absolute Gasteiger partial charge is 0.383 e. The molecule has 90 valence electrons. The van der Waals surface area contributed by atoms with E-state index in [0.717, 1.165) is 12.4 Å². The Morgan fingerprint density at radius 1 is 1.41 bits per heavy atom. The van der Waals surface area contributed by atoms with Gasteiger partial charge < -0.3 is 5.73 Å². The van der Waals surface area contributed by atoms with Gasteiger partial charge in [-0.05, 0) is 6.07 Å². The van der Waals surface area contributed by atoms with Crippen molar-refractivity contribution in [3.05, 3.63) is 30.5 Å². The molecule has 0 aliphatic heterocycles. The minimum Gasteiger partial charge on any atom is -0.383 e. The second-order valence-electron chi connectivity index (χ2n) is 3.11. The first-order valence-corrected chi connectivity index (χ1v) is 5.90. The molecule has 7 nitrogen and oxygen atoms in total. The van der Waals surface area contributed by atoms with Crippen molar-refractivity contribution in [3.63, 3.8) is 0 Å². The molecule has 0 bridgehead atoms. The van der Waals surface area contributed by atoms with E-state index in [-0.39, 0.29) is 16.4 Å². The molecule has 0 radical (unpaired) electrons. The number of aromatic nitrogens is 3. The molecule has 0 aromatic carbocycles. The summed E-state index contributed by atoms with van der Waals surface area (Å²) in [5.74, 6) is -0.898. The molecule has 2 rings (SSSR count). The molecular formula is C8H8FN5O2S. The molecule has 17 heavy (non-hydrogen) atoms. The normalized spacial score (nSPS) is 11.4. The lowest BCUT2D eigenvalue weighted by molar-refractivity contribution is 0.598. The number of sulfonamides is 1. The molecule has 0 saturated carbocycles. The number of pyridine rings is 1. The maximum atomic E-state index is 13.2. The molecule has 0 unspecified atom stereocenters. The summed E-state index contributed by atoms with van der Waals surface area (Å²) >= 11 is 0. The zero-order valence-corrected chi connectivity index (χ0v) is 9.20. The first-order valence-electron chi connectivity index (χ1n) is 4.42. The highest BCUT2D eigenvalue weighted by Gasteiger charge is 2.20. The zero-order valence-electron chi connectivity index (χ0n) is 8.38. The van der Waals surface area contributed by atoms with Crippen molar-refractivity contribution in [2.24, 2.45) is 0 Å². The number of nitrogens with one attached hydrogen (secondary N) is 2. The first kappa shape index (κ1) is 11.3. The first-order chi connectivity index (χ1) is 8.00. The predicted molar refractivity (Wildman–Crippen MR) is 58.0 cm³/mol. The van der Waals surface area contributed by atoms with E-state index < -0.39 is 15.8 Å². The number of halogens is 1. The summed E-state index contributed by atoms with van der Waals surface area (Å²) in [5.41, 5.74) is 5.17.